The highest BCUT2D eigenvalue weighted by molar-refractivity contribution is 5.19. The third kappa shape index (κ3) is 3.53. The first-order valence-corrected chi connectivity index (χ1v) is 6.86. The molecule has 1 aliphatic rings. The van der Waals surface area contributed by atoms with E-state index in [4.69, 9.17) is 0 Å². The zero-order chi connectivity index (χ0) is 13.0. The fraction of sp³-hybridized carbons (Fsp3) is 0.600. The van der Waals surface area contributed by atoms with E-state index in [1.165, 1.54) is 24.8 Å². The number of rotatable bonds is 4. The van der Waals surface area contributed by atoms with E-state index in [2.05, 4.69) is 24.2 Å². The van der Waals surface area contributed by atoms with Gasteiger partial charge in [-0.15, -0.1) is 0 Å². The van der Waals surface area contributed by atoms with Gasteiger partial charge in [0.05, 0.1) is 0 Å². The zero-order valence-electron chi connectivity index (χ0n) is 11.3. The predicted molar refractivity (Wildman–Crippen MR) is 73.1 cm³/mol. The van der Waals surface area contributed by atoms with E-state index in [1.807, 2.05) is 12.1 Å². The molecule has 2 unspecified atom stereocenters. The molecule has 18 heavy (non-hydrogen) atoms. The van der Waals surface area contributed by atoms with Crippen LogP contribution in [-0.2, 0) is 0 Å². The standard InChI is InChI=1S/C15H23FN2/c1-12(13-6-8-14(16)9-7-13)18(2)11-15-5-3-4-10-17-15/h6-9,12,15,17H,3-5,10-11H2,1-2H3. The van der Waals surface area contributed by atoms with Gasteiger partial charge in [0.15, 0.2) is 0 Å². The van der Waals surface area contributed by atoms with Crippen molar-refractivity contribution in [1.82, 2.24) is 10.2 Å². The monoisotopic (exact) mass is 250 g/mol. The molecule has 1 N–H and O–H groups in total. The molecule has 1 aromatic rings. The first kappa shape index (κ1) is 13.5. The Labute approximate surface area is 109 Å². The largest absolute Gasteiger partial charge is 0.313 e. The summed E-state index contributed by atoms with van der Waals surface area (Å²) in [6.07, 6.45) is 3.89. The first-order chi connectivity index (χ1) is 8.66. The lowest BCUT2D eigenvalue weighted by Crippen LogP contribution is -2.43. The molecule has 0 aromatic heterocycles. The first-order valence-electron chi connectivity index (χ1n) is 6.86. The van der Waals surface area contributed by atoms with Crippen molar-refractivity contribution in [2.24, 2.45) is 0 Å². The second-order valence-electron chi connectivity index (χ2n) is 5.31. The van der Waals surface area contributed by atoms with Gasteiger partial charge in [-0.3, -0.25) is 4.90 Å². The smallest absolute Gasteiger partial charge is 0.123 e. The fourth-order valence-corrected chi connectivity index (χ4v) is 2.58. The number of hydrogen-bond acceptors (Lipinski definition) is 2. The lowest BCUT2D eigenvalue weighted by molar-refractivity contribution is 0.214. The molecule has 1 heterocycles. The molecule has 0 bridgehead atoms. The topological polar surface area (TPSA) is 15.3 Å². The molecule has 0 radical (unpaired) electrons. The average Bonchev–Trinajstić information content (AvgIpc) is 2.40. The van der Waals surface area contributed by atoms with Crippen molar-refractivity contribution in [2.75, 3.05) is 20.1 Å². The molecule has 2 nitrogen and oxygen atoms in total. The van der Waals surface area contributed by atoms with Gasteiger partial charge in [0.1, 0.15) is 5.82 Å². The minimum Gasteiger partial charge on any atom is -0.313 e. The van der Waals surface area contributed by atoms with Crippen LogP contribution in [0.5, 0.6) is 0 Å². The molecular formula is C15H23FN2. The van der Waals surface area contributed by atoms with Crippen molar-refractivity contribution in [2.45, 2.75) is 38.3 Å². The van der Waals surface area contributed by atoms with Gasteiger partial charge < -0.3 is 5.32 Å². The Bertz CT molecular complexity index is 357. The van der Waals surface area contributed by atoms with Gasteiger partial charge in [0, 0.05) is 18.6 Å². The number of nitrogens with one attached hydrogen (secondary N) is 1. The maximum absolute atomic E-state index is 12.9. The molecule has 1 fully saturated rings. The summed E-state index contributed by atoms with van der Waals surface area (Å²) in [6, 6.07) is 7.77. The van der Waals surface area contributed by atoms with Crippen molar-refractivity contribution in [3.05, 3.63) is 35.6 Å². The number of hydrogen-bond donors (Lipinski definition) is 1. The molecule has 2 rings (SSSR count). The SMILES string of the molecule is CC(c1ccc(F)cc1)N(C)CC1CCCCN1. The van der Waals surface area contributed by atoms with Crippen molar-refractivity contribution in [3.63, 3.8) is 0 Å². The third-order valence-electron chi connectivity index (χ3n) is 3.93. The third-order valence-corrected chi connectivity index (χ3v) is 3.93. The van der Waals surface area contributed by atoms with Gasteiger partial charge in [-0.25, -0.2) is 4.39 Å². The summed E-state index contributed by atoms with van der Waals surface area (Å²) in [4.78, 5) is 2.34. The number of piperidine rings is 1. The number of halogens is 1. The molecular weight excluding hydrogens is 227 g/mol. The van der Waals surface area contributed by atoms with Crippen LogP contribution in [0.4, 0.5) is 4.39 Å². The Kier molecular flexibility index (Phi) is 4.72. The van der Waals surface area contributed by atoms with Gasteiger partial charge >= 0.3 is 0 Å². The summed E-state index contributed by atoms with van der Waals surface area (Å²) < 4.78 is 12.9. The molecule has 1 aromatic carbocycles. The quantitative estimate of drug-likeness (QED) is 0.884. The van der Waals surface area contributed by atoms with E-state index >= 15 is 0 Å². The minimum atomic E-state index is -0.164. The number of nitrogens with zero attached hydrogens (tertiary/aromatic N) is 1. The summed E-state index contributed by atoms with van der Waals surface area (Å²) in [5.74, 6) is -0.164. The van der Waals surface area contributed by atoms with Gasteiger partial charge in [-0.05, 0) is 51.1 Å². The van der Waals surface area contributed by atoms with E-state index in [1.54, 1.807) is 12.1 Å². The Balaban J connectivity index is 1.91. The van der Waals surface area contributed by atoms with Gasteiger partial charge in [-0.1, -0.05) is 18.6 Å². The van der Waals surface area contributed by atoms with Crippen molar-refractivity contribution in [1.29, 1.82) is 0 Å². The molecule has 0 saturated carbocycles. The summed E-state index contributed by atoms with van der Waals surface area (Å²) >= 11 is 0. The van der Waals surface area contributed by atoms with Crippen molar-refractivity contribution >= 4 is 0 Å². The number of benzene rings is 1. The normalized spacial score (nSPS) is 22.1. The molecule has 1 aliphatic heterocycles. The lowest BCUT2D eigenvalue weighted by Gasteiger charge is -2.32. The van der Waals surface area contributed by atoms with Crippen LogP contribution in [-0.4, -0.2) is 31.1 Å². The van der Waals surface area contributed by atoms with Crippen molar-refractivity contribution < 1.29 is 4.39 Å². The highest BCUT2D eigenvalue weighted by Gasteiger charge is 2.18. The highest BCUT2D eigenvalue weighted by atomic mass is 19.1. The molecule has 0 amide bonds. The van der Waals surface area contributed by atoms with E-state index in [0.717, 1.165) is 13.1 Å². The molecule has 0 aliphatic carbocycles. The molecule has 2 atom stereocenters. The Hall–Kier alpha value is -0.930. The van der Waals surface area contributed by atoms with Crippen LogP contribution in [0.2, 0.25) is 0 Å². The molecule has 3 heteroatoms. The summed E-state index contributed by atoms with van der Waals surface area (Å²) in [6.45, 7) is 4.37. The Morgan fingerprint density at radius 2 is 2.06 bits per heavy atom. The summed E-state index contributed by atoms with van der Waals surface area (Å²) in [7, 11) is 2.14. The van der Waals surface area contributed by atoms with Gasteiger partial charge in [0.25, 0.3) is 0 Å². The highest BCUT2D eigenvalue weighted by Crippen LogP contribution is 2.20. The second-order valence-corrected chi connectivity index (χ2v) is 5.31. The van der Waals surface area contributed by atoms with Crippen LogP contribution in [0, 0.1) is 5.82 Å². The Morgan fingerprint density at radius 3 is 2.67 bits per heavy atom. The fourth-order valence-electron chi connectivity index (χ4n) is 2.58. The van der Waals surface area contributed by atoms with Crippen LogP contribution in [0.1, 0.15) is 37.8 Å². The van der Waals surface area contributed by atoms with Crippen LogP contribution < -0.4 is 5.32 Å². The molecule has 100 valence electrons. The summed E-state index contributed by atoms with van der Waals surface area (Å²) in [5.41, 5.74) is 1.18. The van der Waals surface area contributed by atoms with Crippen LogP contribution in [0.25, 0.3) is 0 Å². The maximum atomic E-state index is 12.9. The van der Waals surface area contributed by atoms with E-state index < -0.39 is 0 Å². The zero-order valence-corrected chi connectivity index (χ0v) is 11.3. The minimum absolute atomic E-state index is 0.164. The van der Waals surface area contributed by atoms with Crippen LogP contribution in [0.3, 0.4) is 0 Å². The van der Waals surface area contributed by atoms with E-state index in [-0.39, 0.29) is 5.82 Å². The molecule has 0 spiro atoms. The Morgan fingerprint density at radius 1 is 1.33 bits per heavy atom. The number of likely N-dealkylation sites (N-methyl/N-ethyl adjacent to an activating group) is 1. The lowest BCUT2D eigenvalue weighted by atomic mass is 10.0. The predicted octanol–water partition coefficient (Wildman–Crippen LogP) is 2.96. The van der Waals surface area contributed by atoms with Crippen molar-refractivity contribution in [3.8, 4) is 0 Å². The van der Waals surface area contributed by atoms with Gasteiger partial charge in [0.2, 0.25) is 0 Å². The van der Waals surface area contributed by atoms with Crippen LogP contribution in [0.15, 0.2) is 24.3 Å². The van der Waals surface area contributed by atoms with E-state index in [0.29, 0.717) is 12.1 Å². The summed E-state index contributed by atoms with van der Waals surface area (Å²) in [5, 5.41) is 3.56. The molecule has 1 saturated heterocycles. The van der Waals surface area contributed by atoms with Crippen LogP contribution >= 0.6 is 0 Å². The van der Waals surface area contributed by atoms with Gasteiger partial charge in [-0.2, -0.15) is 0 Å². The maximum Gasteiger partial charge on any atom is 0.123 e. The average molecular weight is 250 g/mol. The second kappa shape index (κ2) is 6.30. The van der Waals surface area contributed by atoms with E-state index in [9.17, 15) is 4.39 Å².